The molecule has 1 aliphatic rings. The van der Waals surface area contributed by atoms with Crippen LogP contribution in [0.2, 0.25) is 0 Å². The molecule has 7 nitrogen and oxygen atoms in total. The van der Waals surface area contributed by atoms with E-state index in [2.05, 4.69) is 36.9 Å². The second-order valence-electron chi connectivity index (χ2n) is 6.06. The van der Waals surface area contributed by atoms with Crippen LogP contribution in [0.4, 0.5) is 5.13 Å². The van der Waals surface area contributed by atoms with Crippen LogP contribution in [-0.2, 0) is 6.54 Å². The zero-order valence-corrected chi connectivity index (χ0v) is 18.0. The molecule has 0 amide bonds. The van der Waals surface area contributed by atoms with Crippen molar-refractivity contribution in [2.24, 2.45) is 10.7 Å². The van der Waals surface area contributed by atoms with Crippen molar-refractivity contribution in [3.05, 3.63) is 60.1 Å². The van der Waals surface area contributed by atoms with Gasteiger partial charge in [0.15, 0.2) is 11.1 Å². The fourth-order valence-corrected chi connectivity index (χ4v) is 3.76. The predicted molar refractivity (Wildman–Crippen MR) is 120 cm³/mol. The van der Waals surface area contributed by atoms with E-state index in [-0.39, 0.29) is 24.0 Å². The van der Waals surface area contributed by atoms with Gasteiger partial charge in [0, 0.05) is 50.1 Å². The molecule has 0 spiro atoms. The summed E-state index contributed by atoms with van der Waals surface area (Å²) in [7, 11) is 0. The van der Waals surface area contributed by atoms with E-state index in [0.29, 0.717) is 12.5 Å². The third kappa shape index (κ3) is 4.59. The minimum Gasteiger partial charge on any atom is -0.370 e. The van der Waals surface area contributed by atoms with Gasteiger partial charge in [0.25, 0.3) is 0 Å². The van der Waals surface area contributed by atoms with Gasteiger partial charge in [-0.25, -0.2) is 15.0 Å². The van der Waals surface area contributed by atoms with Crippen molar-refractivity contribution < 1.29 is 0 Å². The van der Waals surface area contributed by atoms with Gasteiger partial charge in [-0.1, -0.05) is 18.2 Å². The molecule has 27 heavy (non-hydrogen) atoms. The number of imidazole rings is 1. The van der Waals surface area contributed by atoms with Crippen LogP contribution < -0.4 is 10.6 Å². The highest BCUT2D eigenvalue weighted by molar-refractivity contribution is 14.0. The van der Waals surface area contributed by atoms with E-state index in [9.17, 15) is 0 Å². The smallest absolute Gasteiger partial charge is 0.191 e. The van der Waals surface area contributed by atoms with E-state index in [1.54, 1.807) is 23.9 Å². The molecule has 3 heterocycles. The zero-order chi connectivity index (χ0) is 17.8. The van der Waals surface area contributed by atoms with Crippen LogP contribution in [0.1, 0.15) is 5.56 Å². The minimum atomic E-state index is 0. The van der Waals surface area contributed by atoms with Crippen LogP contribution in [0.25, 0.3) is 5.69 Å². The second-order valence-corrected chi connectivity index (χ2v) is 6.93. The van der Waals surface area contributed by atoms with Gasteiger partial charge in [-0.2, -0.15) is 0 Å². The molecule has 1 aromatic carbocycles. The molecule has 0 aliphatic carbocycles. The number of rotatable bonds is 4. The quantitative estimate of drug-likeness (QED) is 0.342. The molecule has 1 saturated heterocycles. The molecule has 0 radical (unpaired) electrons. The average molecular weight is 495 g/mol. The van der Waals surface area contributed by atoms with Gasteiger partial charge in [-0.3, -0.25) is 0 Å². The lowest BCUT2D eigenvalue weighted by molar-refractivity contribution is 0.380. The van der Waals surface area contributed by atoms with Gasteiger partial charge in [0.2, 0.25) is 0 Å². The Morgan fingerprint density at radius 3 is 2.67 bits per heavy atom. The molecule has 0 bridgehead atoms. The Balaban J connectivity index is 0.00000210. The van der Waals surface area contributed by atoms with Crippen LogP contribution >= 0.6 is 35.3 Å². The Hall–Kier alpha value is -2.14. The number of nitrogens with zero attached hydrogens (tertiary/aromatic N) is 6. The standard InChI is InChI=1S/C18H21N7S.HI/c19-17(23-8-10-24(11-9-23)18-21-6-12-26-18)22-13-15-3-1-2-4-16(15)25-7-5-20-14-25;/h1-7,12,14H,8-11,13H2,(H2,19,22);1H. The number of benzene rings is 1. The minimum absolute atomic E-state index is 0. The molecule has 1 aliphatic heterocycles. The van der Waals surface area contributed by atoms with Gasteiger partial charge in [-0.05, 0) is 11.6 Å². The number of anilines is 1. The second kappa shape index (κ2) is 9.18. The van der Waals surface area contributed by atoms with Crippen LogP contribution in [-0.4, -0.2) is 51.6 Å². The number of nitrogens with two attached hydrogens (primary N) is 1. The topological polar surface area (TPSA) is 75.6 Å². The largest absolute Gasteiger partial charge is 0.370 e. The normalized spacial score (nSPS) is 14.9. The van der Waals surface area contributed by atoms with E-state index in [0.717, 1.165) is 42.6 Å². The molecule has 1 fully saturated rings. The van der Waals surface area contributed by atoms with Crippen LogP contribution in [0.15, 0.2) is 59.6 Å². The first-order valence-electron chi connectivity index (χ1n) is 8.57. The molecule has 4 rings (SSSR count). The average Bonchev–Trinajstić information content (AvgIpc) is 3.40. The first-order valence-corrected chi connectivity index (χ1v) is 9.45. The van der Waals surface area contributed by atoms with E-state index in [1.165, 1.54) is 0 Å². The molecular formula is C18H22IN7S. The third-order valence-corrected chi connectivity index (χ3v) is 5.31. The number of guanidine groups is 1. The summed E-state index contributed by atoms with van der Waals surface area (Å²) in [6.45, 7) is 4.09. The fourth-order valence-electron chi connectivity index (χ4n) is 3.06. The maximum Gasteiger partial charge on any atom is 0.191 e. The molecule has 2 aromatic heterocycles. The first-order chi connectivity index (χ1) is 12.8. The summed E-state index contributed by atoms with van der Waals surface area (Å²) < 4.78 is 1.99. The van der Waals surface area contributed by atoms with Crippen molar-refractivity contribution in [1.29, 1.82) is 0 Å². The van der Waals surface area contributed by atoms with Crippen LogP contribution in [0, 0.1) is 0 Å². The Morgan fingerprint density at radius 2 is 1.96 bits per heavy atom. The molecule has 3 aromatic rings. The molecule has 0 unspecified atom stereocenters. The highest BCUT2D eigenvalue weighted by Gasteiger charge is 2.19. The van der Waals surface area contributed by atoms with E-state index < -0.39 is 0 Å². The lowest BCUT2D eigenvalue weighted by atomic mass is 10.2. The molecule has 0 atom stereocenters. The summed E-state index contributed by atoms with van der Waals surface area (Å²) in [6.07, 6.45) is 7.35. The van der Waals surface area contributed by atoms with Crippen molar-refractivity contribution in [1.82, 2.24) is 19.4 Å². The van der Waals surface area contributed by atoms with Crippen molar-refractivity contribution in [2.75, 3.05) is 31.1 Å². The molecule has 2 N–H and O–H groups in total. The SMILES string of the molecule is I.NC(=NCc1ccccc1-n1ccnc1)N1CCN(c2nccs2)CC1. The van der Waals surface area contributed by atoms with Crippen LogP contribution in [0.3, 0.4) is 0 Å². The number of piperazine rings is 1. The highest BCUT2D eigenvalue weighted by Crippen LogP contribution is 2.19. The Kier molecular flexibility index (Phi) is 6.67. The summed E-state index contributed by atoms with van der Waals surface area (Å²) in [5.41, 5.74) is 8.45. The van der Waals surface area contributed by atoms with Crippen molar-refractivity contribution in [3.8, 4) is 5.69 Å². The number of halogens is 1. The maximum atomic E-state index is 6.25. The Morgan fingerprint density at radius 1 is 1.15 bits per heavy atom. The number of thiazole rings is 1. The molecule has 0 saturated carbocycles. The summed E-state index contributed by atoms with van der Waals surface area (Å²) in [4.78, 5) is 17.6. The molecular weight excluding hydrogens is 473 g/mol. The summed E-state index contributed by atoms with van der Waals surface area (Å²) in [5.74, 6) is 0.601. The van der Waals surface area contributed by atoms with E-state index in [1.807, 2.05) is 34.5 Å². The summed E-state index contributed by atoms with van der Waals surface area (Å²) in [6, 6.07) is 8.18. The zero-order valence-electron chi connectivity index (χ0n) is 14.8. The van der Waals surface area contributed by atoms with E-state index >= 15 is 0 Å². The number of aromatic nitrogens is 3. The molecule has 9 heteroatoms. The van der Waals surface area contributed by atoms with Crippen molar-refractivity contribution in [2.45, 2.75) is 6.54 Å². The first kappa shape index (κ1) is 19.6. The number of aliphatic imine (C=N–C) groups is 1. The maximum absolute atomic E-state index is 6.25. The molecule has 142 valence electrons. The van der Waals surface area contributed by atoms with E-state index in [4.69, 9.17) is 5.73 Å². The Bertz CT molecular complexity index is 856. The highest BCUT2D eigenvalue weighted by atomic mass is 127. The summed E-state index contributed by atoms with van der Waals surface area (Å²) in [5, 5.41) is 3.09. The lowest BCUT2D eigenvalue weighted by Gasteiger charge is -2.35. The number of hydrogen-bond acceptors (Lipinski definition) is 5. The third-order valence-electron chi connectivity index (χ3n) is 4.48. The van der Waals surface area contributed by atoms with Crippen LogP contribution in [0.5, 0.6) is 0 Å². The summed E-state index contributed by atoms with van der Waals surface area (Å²) >= 11 is 1.67. The Labute approximate surface area is 179 Å². The monoisotopic (exact) mass is 495 g/mol. The predicted octanol–water partition coefficient (Wildman–Crippen LogP) is 2.58. The van der Waals surface area contributed by atoms with Gasteiger partial charge < -0.3 is 20.1 Å². The lowest BCUT2D eigenvalue weighted by Crippen LogP contribution is -2.51. The van der Waals surface area contributed by atoms with Gasteiger partial charge in [0.1, 0.15) is 0 Å². The van der Waals surface area contributed by atoms with Gasteiger partial charge in [-0.15, -0.1) is 35.3 Å². The van der Waals surface area contributed by atoms with Gasteiger partial charge >= 0.3 is 0 Å². The number of hydrogen-bond donors (Lipinski definition) is 1. The van der Waals surface area contributed by atoms with Gasteiger partial charge in [0.05, 0.1) is 18.6 Å². The van der Waals surface area contributed by atoms with Crippen molar-refractivity contribution in [3.63, 3.8) is 0 Å². The van der Waals surface area contributed by atoms with Crippen molar-refractivity contribution >= 4 is 46.4 Å². The number of para-hydroxylation sites is 1. The fraction of sp³-hybridized carbons (Fsp3) is 0.278.